The SMILES string of the molecule is COc1cc(OC)cc(C(=O)Nc2cccc(Nc3cc(-c4ccccc4)nc(C)n3)c2)c1. The number of carbonyl (C=O) groups is 1. The number of nitrogens with zero attached hydrogens (tertiary/aromatic N) is 2. The van der Waals surface area contributed by atoms with Crippen molar-refractivity contribution in [2.75, 3.05) is 24.9 Å². The van der Waals surface area contributed by atoms with Crippen molar-refractivity contribution in [2.45, 2.75) is 6.92 Å². The first kappa shape index (κ1) is 21.8. The first-order valence-electron chi connectivity index (χ1n) is 10.4. The maximum absolute atomic E-state index is 12.8. The molecule has 0 radical (unpaired) electrons. The molecule has 0 saturated carbocycles. The fourth-order valence-electron chi connectivity index (χ4n) is 3.35. The number of nitrogens with one attached hydrogen (secondary N) is 2. The van der Waals surface area contributed by atoms with E-state index in [1.165, 1.54) is 0 Å². The Morgan fingerprint density at radius 1 is 0.788 bits per heavy atom. The zero-order chi connectivity index (χ0) is 23.2. The Morgan fingerprint density at radius 2 is 1.48 bits per heavy atom. The van der Waals surface area contributed by atoms with Crippen LogP contribution >= 0.6 is 0 Å². The third-order valence-corrected chi connectivity index (χ3v) is 4.91. The maximum atomic E-state index is 12.8. The van der Waals surface area contributed by atoms with E-state index in [1.807, 2.05) is 67.6 Å². The molecule has 0 spiro atoms. The van der Waals surface area contributed by atoms with E-state index in [4.69, 9.17) is 9.47 Å². The quantitative estimate of drug-likeness (QED) is 0.397. The van der Waals surface area contributed by atoms with Crippen LogP contribution in [-0.2, 0) is 0 Å². The second kappa shape index (κ2) is 9.82. The molecule has 7 nitrogen and oxygen atoms in total. The number of hydrogen-bond acceptors (Lipinski definition) is 6. The van der Waals surface area contributed by atoms with Gasteiger partial charge in [-0.1, -0.05) is 36.4 Å². The van der Waals surface area contributed by atoms with Crippen LogP contribution in [0.4, 0.5) is 17.2 Å². The lowest BCUT2D eigenvalue weighted by Crippen LogP contribution is -2.12. The lowest BCUT2D eigenvalue weighted by Gasteiger charge is -2.12. The molecule has 33 heavy (non-hydrogen) atoms. The van der Waals surface area contributed by atoms with Crippen molar-refractivity contribution in [2.24, 2.45) is 0 Å². The molecule has 1 aromatic heterocycles. The van der Waals surface area contributed by atoms with Crippen LogP contribution in [0.3, 0.4) is 0 Å². The number of aromatic nitrogens is 2. The molecule has 0 saturated heterocycles. The summed E-state index contributed by atoms with van der Waals surface area (Å²) in [6.45, 7) is 1.86. The third kappa shape index (κ3) is 5.46. The molecule has 0 fully saturated rings. The highest BCUT2D eigenvalue weighted by Gasteiger charge is 2.11. The van der Waals surface area contributed by atoms with Crippen molar-refractivity contribution >= 4 is 23.1 Å². The standard InChI is InChI=1S/C26H24N4O3/c1-17-27-24(18-8-5-4-6-9-18)16-25(28-17)29-20-10-7-11-21(14-20)30-26(31)19-12-22(32-2)15-23(13-19)33-3/h4-16H,1-3H3,(H,30,31)(H,27,28,29). The van der Waals surface area contributed by atoms with Crippen molar-refractivity contribution in [1.29, 1.82) is 0 Å². The molecular weight excluding hydrogens is 416 g/mol. The second-order valence-corrected chi connectivity index (χ2v) is 7.31. The van der Waals surface area contributed by atoms with Crippen LogP contribution < -0.4 is 20.1 Å². The first-order valence-corrected chi connectivity index (χ1v) is 10.4. The number of carbonyl (C=O) groups excluding carboxylic acids is 1. The monoisotopic (exact) mass is 440 g/mol. The molecule has 0 aliphatic carbocycles. The molecule has 0 atom stereocenters. The molecule has 0 unspecified atom stereocenters. The number of hydrogen-bond donors (Lipinski definition) is 2. The van der Waals surface area contributed by atoms with Gasteiger partial charge in [0.05, 0.1) is 19.9 Å². The average Bonchev–Trinajstić information content (AvgIpc) is 2.84. The maximum Gasteiger partial charge on any atom is 0.255 e. The van der Waals surface area contributed by atoms with E-state index < -0.39 is 0 Å². The van der Waals surface area contributed by atoms with Gasteiger partial charge in [0.15, 0.2) is 0 Å². The molecule has 1 heterocycles. The van der Waals surface area contributed by atoms with E-state index >= 15 is 0 Å². The summed E-state index contributed by atoms with van der Waals surface area (Å²) >= 11 is 0. The normalized spacial score (nSPS) is 10.4. The Balaban J connectivity index is 1.53. The van der Waals surface area contributed by atoms with Crippen LogP contribution in [0.25, 0.3) is 11.3 Å². The van der Waals surface area contributed by atoms with Gasteiger partial charge < -0.3 is 20.1 Å². The van der Waals surface area contributed by atoms with Gasteiger partial charge in [0.2, 0.25) is 0 Å². The van der Waals surface area contributed by atoms with E-state index in [1.54, 1.807) is 32.4 Å². The van der Waals surface area contributed by atoms with E-state index in [0.29, 0.717) is 34.4 Å². The van der Waals surface area contributed by atoms with E-state index in [-0.39, 0.29) is 5.91 Å². The lowest BCUT2D eigenvalue weighted by molar-refractivity contribution is 0.102. The Hall–Kier alpha value is -4.39. The van der Waals surface area contributed by atoms with Crippen molar-refractivity contribution < 1.29 is 14.3 Å². The molecule has 0 aliphatic heterocycles. The minimum Gasteiger partial charge on any atom is -0.497 e. The molecule has 4 rings (SSSR count). The molecule has 7 heteroatoms. The molecule has 3 aromatic carbocycles. The number of aryl methyl sites for hydroxylation is 1. The second-order valence-electron chi connectivity index (χ2n) is 7.31. The van der Waals surface area contributed by atoms with Gasteiger partial charge in [-0.3, -0.25) is 4.79 Å². The van der Waals surface area contributed by atoms with Gasteiger partial charge in [-0.25, -0.2) is 9.97 Å². The molecule has 1 amide bonds. The predicted molar refractivity (Wildman–Crippen MR) is 129 cm³/mol. The number of methoxy groups -OCH3 is 2. The van der Waals surface area contributed by atoms with Crippen molar-refractivity contribution in [1.82, 2.24) is 9.97 Å². The highest BCUT2D eigenvalue weighted by atomic mass is 16.5. The Bertz CT molecular complexity index is 1250. The topological polar surface area (TPSA) is 85.4 Å². The number of rotatable bonds is 7. The fraction of sp³-hybridized carbons (Fsp3) is 0.115. The van der Waals surface area contributed by atoms with Crippen molar-refractivity contribution in [3.05, 3.63) is 90.3 Å². The number of ether oxygens (including phenoxy) is 2. The highest BCUT2D eigenvalue weighted by molar-refractivity contribution is 6.05. The fourth-order valence-corrected chi connectivity index (χ4v) is 3.35. The molecule has 2 N–H and O–H groups in total. The molecule has 4 aromatic rings. The summed E-state index contributed by atoms with van der Waals surface area (Å²) in [5, 5.41) is 6.22. The minimum absolute atomic E-state index is 0.270. The Kier molecular flexibility index (Phi) is 6.50. The van der Waals surface area contributed by atoms with Gasteiger partial charge >= 0.3 is 0 Å². The average molecular weight is 441 g/mol. The van der Waals surface area contributed by atoms with E-state index in [9.17, 15) is 4.79 Å². The molecular formula is C26H24N4O3. The molecule has 0 aliphatic rings. The summed E-state index contributed by atoms with van der Waals surface area (Å²) in [6, 6.07) is 24.3. The highest BCUT2D eigenvalue weighted by Crippen LogP contribution is 2.25. The lowest BCUT2D eigenvalue weighted by atomic mass is 10.1. The molecule has 166 valence electrons. The molecule has 0 bridgehead atoms. The van der Waals surface area contributed by atoms with Crippen molar-refractivity contribution in [3.63, 3.8) is 0 Å². The number of anilines is 3. The summed E-state index contributed by atoms with van der Waals surface area (Å²) in [5.74, 6) is 2.15. The van der Waals surface area contributed by atoms with E-state index in [2.05, 4.69) is 20.6 Å². The number of amides is 1. The van der Waals surface area contributed by atoms with Gasteiger partial charge in [0, 0.05) is 34.6 Å². The summed E-state index contributed by atoms with van der Waals surface area (Å²) < 4.78 is 10.5. The zero-order valence-electron chi connectivity index (χ0n) is 18.6. The Morgan fingerprint density at radius 3 is 2.18 bits per heavy atom. The minimum atomic E-state index is -0.270. The van der Waals surface area contributed by atoms with Crippen LogP contribution in [-0.4, -0.2) is 30.1 Å². The van der Waals surface area contributed by atoms with Gasteiger partial charge in [0.1, 0.15) is 23.1 Å². The van der Waals surface area contributed by atoms with Crippen LogP contribution in [0.2, 0.25) is 0 Å². The summed E-state index contributed by atoms with van der Waals surface area (Å²) in [5.41, 5.74) is 3.71. The van der Waals surface area contributed by atoms with Gasteiger partial charge in [0.25, 0.3) is 5.91 Å². The summed E-state index contributed by atoms with van der Waals surface area (Å²) in [4.78, 5) is 21.8. The van der Waals surface area contributed by atoms with Gasteiger partial charge in [-0.15, -0.1) is 0 Å². The summed E-state index contributed by atoms with van der Waals surface area (Å²) in [7, 11) is 3.09. The summed E-state index contributed by atoms with van der Waals surface area (Å²) in [6.07, 6.45) is 0. The smallest absolute Gasteiger partial charge is 0.255 e. The number of benzene rings is 3. The van der Waals surface area contributed by atoms with Crippen LogP contribution in [0.1, 0.15) is 16.2 Å². The van der Waals surface area contributed by atoms with E-state index in [0.717, 1.165) is 16.9 Å². The largest absolute Gasteiger partial charge is 0.497 e. The third-order valence-electron chi connectivity index (χ3n) is 4.91. The van der Waals surface area contributed by atoms with Crippen LogP contribution in [0.15, 0.2) is 78.9 Å². The predicted octanol–water partition coefficient (Wildman–Crippen LogP) is 5.47. The first-order chi connectivity index (χ1) is 16.0. The van der Waals surface area contributed by atoms with Gasteiger partial charge in [-0.2, -0.15) is 0 Å². The zero-order valence-corrected chi connectivity index (χ0v) is 18.6. The van der Waals surface area contributed by atoms with Crippen LogP contribution in [0, 0.1) is 6.92 Å². The Labute approximate surface area is 192 Å². The van der Waals surface area contributed by atoms with Crippen molar-refractivity contribution in [3.8, 4) is 22.8 Å². The van der Waals surface area contributed by atoms with Crippen LogP contribution in [0.5, 0.6) is 11.5 Å². The van der Waals surface area contributed by atoms with Gasteiger partial charge in [-0.05, 0) is 37.3 Å².